The van der Waals surface area contributed by atoms with E-state index in [-0.39, 0.29) is 10.7 Å². The minimum absolute atomic E-state index is 0.0696. The molecule has 2 aromatic carbocycles. The molecule has 0 saturated carbocycles. The Kier molecular flexibility index (Phi) is 3.25. The zero-order chi connectivity index (χ0) is 14.1. The zero-order valence-corrected chi connectivity index (χ0v) is 11.5. The molecule has 0 aliphatic heterocycles. The highest BCUT2D eigenvalue weighted by atomic mass is 35.5. The van der Waals surface area contributed by atoms with Gasteiger partial charge < -0.3 is 4.74 Å². The molecule has 0 unspecified atom stereocenters. The van der Waals surface area contributed by atoms with Crippen LogP contribution in [0, 0.1) is 10.1 Å². The molecule has 0 amide bonds. The number of non-ortho nitro benzene ring substituents is 1. The van der Waals surface area contributed by atoms with Crippen LogP contribution in [0.1, 0.15) is 0 Å². The molecule has 0 aliphatic rings. The predicted octanol–water partition coefficient (Wildman–Crippen LogP) is 4.65. The van der Waals surface area contributed by atoms with Gasteiger partial charge in [0.15, 0.2) is 0 Å². The average molecular weight is 307 g/mol. The number of halogens is 1. The Morgan fingerprint density at radius 1 is 1.25 bits per heavy atom. The fourth-order valence-corrected chi connectivity index (χ4v) is 2.57. The number of nitrogens with zero attached hydrogens (tertiary/aromatic N) is 2. The van der Waals surface area contributed by atoms with Gasteiger partial charge in [0, 0.05) is 23.7 Å². The van der Waals surface area contributed by atoms with E-state index in [0.29, 0.717) is 11.5 Å². The molecule has 1 heterocycles. The number of hydrogen-bond acceptors (Lipinski definition) is 5. The highest BCUT2D eigenvalue weighted by Gasteiger charge is 2.11. The fraction of sp³-hybridized carbons (Fsp3) is 0. The first kappa shape index (κ1) is 12.8. The van der Waals surface area contributed by atoms with Crippen LogP contribution in [0.4, 0.5) is 5.69 Å². The van der Waals surface area contributed by atoms with Crippen molar-refractivity contribution in [1.29, 1.82) is 0 Å². The van der Waals surface area contributed by atoms with E-state index in [1.807, 2.05) is 12.1 Å². The Labute approximate surface area is 122 Å². The summed E-state index contributed by atoms with van der Waals surface area (Å²) in [5.41, 5.74) is -0.0696. The minimum Gasteiger partial charge on any atom is -0.456 e. The maximum absolute atomic E-state index is 10.6. The predicted molar refractivity (Wildman–Crippen MR) is 77.8 cm³/mol. The molecule has 0 bridgehead atoms. The quantitative estimate of drug-likeness (QED) is 0.522. The molecule has 0 saturated heterocycles. The number of ether oxygens (including phenoxy) is 1. The third-order valence-electron chi connectivity index (χ3n) is 2.68. The van der Waals surface area contributed by atoms with Gasteiger partial charge >= 0.3 is 0 Å². The maximum Gasteiger partial charge on any atom is 0.271 e. The molecule has 0 fully saturated rings. The first-order valence-electron chi connectivity index (χ1n) is 5.60. The molecule has 7 heteroatoms. The van der Waals surface area contributed by atoms with Crippen molar-refractivity contribution in [3.8, 4) is 11.5 Å². The van der Waals surface area contributed by atoms with Gasteiger partial charge in [0.2, 0.25) is 0 Å². The molecule has 1 aromatic heterocycles. The van der Waals surface area contributed by atoms with Crippen molar-refractivity contribution in [2.45, 2.75) is 0 Å². The van der Waals surface area contributed by atoms with E-state index in [9.17, 15) is 10.1 Å². The molecule has 5 nitrogen and oxygen atoms in total. The molecule has 0 radical (unpaired) electrons. The number of hydrogen-bond donors (Lipinski definition) is 0. The van der Waals surface area contributed by atoms with E-state index < -0.39 is 4.92 Å². The Morgan fingerprint density at radius 2 is 2.10 bits per heavy atom. The number of nitro benzene ring substituents is 1. The molecule has 20 heavy (non-hydrogen) atoms. The third-order valence-corrected chi connectivity index (χ3v) is 3.75. The van der Waals surface area contributed by atoms with Gasteiger partial charge in [-0.15, -0.1) is 0 Å². The summed E-state index contributed by atoms with van der Waals surface area (Å²) in [5, 5.41) is 11.8. The van der Waals surface area contributed by atoms with Gasteiger partial charge in [-0.2, -0.15) is 4.37 Å². The van der Waals surface area contributed by atoms with Crippen LogP contribution in [0.25, 0.3) is 10.1 Å². The second-order valence-corrected chi connectivity index (χ2v) is 5.24. The summed E-state index contributed by atoms with van der Waals surface area (Å²) in [5.74, 6) is 0.980. The smallest absolute Gasteiger partial charge is 0.271 e. The van der Waals surface area contributed by atoms with Crippen LogP contribution in [0.5, 0.6) is 11.5 Å². The van der Waals surface area contributed by atoms with Crippen LogP contribution >= 0.6 is 23.1 Å². The van der Waals surface area contributed by atoms with Crippen LogP contribution in [-0.2, 0) is 0 Å². The number of rotatable bonds is 3. The van der Waals surface area contributed by atoms with Crippen molar-refractivity contribution >= 4 is 38.9 Å². The molecule has 3 rings (SSSR count). The van der Waals surface area contributed by atoms with Crippen molar-refractivity contribution in [2.75, 3.05) is 0 Å². The van der Waals surface area contributed by atoms with Crippen LogP contribution in [0.2, 0.25) is 5.02 Å². The summed E-state index contributed by atoms with van der Waals surface area (Å²) in [6.07, 6.45) is 1.75. The van der Waals surface area contributed by atoms with Crippen LogP contribution in [0.3, 0.4) is 0 Å². The molecule has 0 N–H and O–H groups in total. The van der Waals surface area contributed by atoms with Crippen LogP contribution < -0.4 is 4.74 Å². The number of fused-ring (bicyclic) bond motifs is 1. The molecule has 3 aromatic rings. The van der Waals surface area contributed by atoms with E-state index >= 15 is 0 Å². The summed E-state index contributed by atoms with van der Waals surface area (Å²) < 4.78 is 10.8. The van der Waals surface area contributed by atoms with Gasteiger partial charge in [-0.3, -0.25) is 10.1 Å². The van der Waals surface area contributed by atoms with Gasteiger partial charge in [0.05, 0.1) is 14.6 Å². The molecular weight excluding hydrogens is 300 g/mol. The first-order chi connectivity index (χ1) is 9.63. The summed E-state index contributed by atoms with van der Waals surface area (Å²) in [7, 11) is 0. The van der Waals surface area contributed by atoms with Crippen molar-refractivity contribution < 1.29 is 9.66 Å². The summed E-state index contributed by atoms with van der Waals surface area (Å²) in [6, 6.07) is 9.65. The maximum atomic E-state index is 10.6. The Hall–Kier alpha value is -2.18. The second kappa shape index (κ2) is 5.07. The van der Waals surface area contributed by atoms with Crippen molar-refractivity contribution in [3.63, 3.8) is 0 Å². The van der Waals surface area contributed by atoms with Gasteiger partial charge in [-0.05, 0) is 35.8 Å². The first-order valence-corrected chi connectivity index (χ1v) is 6.75. The van der Waals surface area contributed by atoms with Crippen LogP contribution in [0.15, 0.2) is 42.6 Å². The monoisotopic (exact) mass is 306 g/mol. The lowest BCUT2D eigenvalue weighted by molar-refractivity contribution is -0.384. The Balaban J connectivity index is 1.92. The van der Waals surface area contributed by atoms with E-state index in [1.54, 1.807) is 12.3 Å². The number of benzene rings is 2. The molecule has 100 valence electrons. The fourth-order valence-electron chi connectivity index (χ4n) is 1.73. The van der Waals surface area contributed by atoms with Crippen molar-refractivity contribution in [2.24, 2.45) is 0 Å². The minimum atomic E-state index is -0.501. The lowest BCUT2D eigenvalue weighted by Crippen LogP contribution is -1.89. The van der Waals surface area contributed by atoms with E-state index in [1.165, 1.54) is 29.7 Å². The SMILES string of the molecule is O=[N+]([O-])c1ccc(Oc2ccc3sncc3c2)c(Cl)c1. The zero-order valence-electron chi connectivity index (χ0n) is 9.95. The van der Waals surface area contributed by atoms with E-state index in [4.69, 9.17) is 16.3 Å². The number of aromatic nitrogens is 1. The average Bonchev–Trinajstić information content (AvgIpc) is 2.88. The normalized spacial score (nSPS) is 10.7. The highest BCUT2D eigenvalue weighted by Crippen LogP contribution is 2.33. The lowest BCUT2D eigenvalue weighted by atomic mass is 10.2. The van der Waals surface area contributed by atoms with Crippen LogP contribution in [-0.4, -0.2) is 9.30 Å². The molecule has 0 aliphatic carbocycles. The van der Waals surface area contributed by atoms with Gasteiger partial charge in [0.1, 0.15) is 11.5 Å². The number of nitro groups is 1. The molecule has 0 atom stereocenters. The Morgan fingerprint density at radius 3 is 2.85 bits per heavy atom. The van der Waals surface area contributed by atoms with E-state index in [0.717, 1.165) is 10.1 Å². The van der Waals surface area contributed by atoms with E-state index in [2.05, 4.69) is 4.37 Å². The second-order valence-electron chi connectivity index (χ2n) is 4.00. The standard InChI is InChI=1S/C13H7ClN2O3S/c14-11-6-9(16(17)18)1-3-12(11)19-10-2-4-13-8(5-10)7-15-20-13/h1-7H. The molecule has 0 spiro atoms. The summed E-state index contributed by atoms with van der Waals surface area (Å²) in [4.78, 5) is 10.1. The van der Waals surface area contributed by atoms with Crippen molar-refractivity contribution in [1.82, 2.24) is 4.37 Å². The third kappa shape index (κ3) is 2.43. The highest BCUT2D eigenvalue weighted by molar-refractivity contribution is 7.13. The molecular formula is C13H7ClN2O3S. The largest absolute Gasteiger partial charge is 0.456 e. The topological polar surface area (TPSA) is 65.3 Å². The lowest BCUT2D eigenvalue weighted by Gasteiger charge is -2.07. The summed E-state index contributed by atoms with van der Waals surface area (Å²) >= 11 is 7.38. The van der Waals surface area contributed by atoms with Gasteiger partial charge in [-0.25, -0.2) is 0 Å². The summed E-state index contributed by atoms with van der Waals surface area (Å²) in [6.45, 7) is 0. The van der Waals surface area contributed by atoms with Gasteiger partial charge in [0.25, 0.3) is 5.69 Å². The van der Waals surface area contributed by atoms with Gasteiger partial charge in [-0.1, -0.05) is 11.6 Å². The Bertz CT molecular complexity index is 803. The van der Waals surface area contributed by atoms with Crippen molar-refractivity contribution in [3.05, 3.63) is 57.7 Å².